The summed E-state index contributed by atoms with van der Waals surface area (Å²) in [5.74, 6) is 0.292. The molecule has 23 heavy (non-hydrogen) atoms. The summed E-state index contributed by atoms with van der Waals surface area (Å²) >= 11 is 0. The Hall–Kier alpha value is -2.20. The van der Waals surface area contributed by atoms with Crippen molar-refractivity contribution in [2.45, 2.75) is 19.3 Å². The number of aromatic nitrogens is 1. The van der Waals surface area contributed by atoms with Crippen molar-refractivity contribution in [1.29, 1.82) is 0 Å². The van der Waals surface area contributed by atoms with E-state index < -0.39 is 0 Å². The second-order valence-corrected chi connectivity index (χ2v) is 6.09. The number of aliphatic hydroxyl groups is 1. The second-order valence-electron chi connectivity index (χ2n) is 6.09. The quantitative estimate of drug-likeness (QED) is 0.944. The van der Waals surface area contributed by atoms with Crippen molar-refractivity contribution in [2.24, 2.45) is 5.92 Å². The lowest BCUT2D eigenvalue weighted by atomic mass is 9.90. The zero-order chi connectivity index (χ0) is 16.2. The molecule has 1 aromatic heterocycles. The first-order chi connectivity index (χ1) is 11.2. The third-order valence-electron chi connectivity index (χ3n) is 4.71. The van der Waals surface area contributed by atoms with Gasteiger partial charge in [-0.3, -0.25) is 9.78 Å². The standard InChI is InChI=1S/C19H22N2O2/c1-2-14-3-5-16(6-4-14)19(23)21-11-17(13-22)18(12-21)15-7-9-20-10-8-15/h3-10,17-18,22H,2,11-13H2,1H3/t17-,18-/m0/s1. The van der Waals surface area contributed by atoms with E-state index in [1.54, 1.807) is 12.4 Å². The number of likely N-dealkylation sites (tertiary alicyclic amines) is 1. The topological polar surface area (TPSA) is 53.4 Å². The van der Waals surface area contributed by atoms with Gasteiger partial charge in [0.15, 0.2) is 0 Å². The van der Waals surface area contributed by atoms with Gasteiger partial charge in [-0.25, -0.2) is 0 Å². The SMILES string of the molecule is CCc1ccc(C(=O)N2C[C@@H](CO)[C@H](c3ccncc3)C2)cc1. The Kier molecular flexibility index (Phi) is 4.72. The van der Waals surface area contributed by atoms with Crippen LogP contribution < -0.4 is 0 Å². The zero-order valence-electron chi connectivity index (χ0n) is 13.4. The van der Waals surface area contributed by atoms with Crippen LogP contribution >= 0.6 is 0 Å². The third-order valence-corrected chi connectivity index (χ3v) is 4.71. The molecule has 0 radical (unpaired) electrons. The van der Waals surface area contributed by atoms with Crippen molar-refractivity contribution < 1.29 is 9.90 Å². The Bertz CT molecular complexity index is 655. The minimum Gasteiger partial charge on any atom is -0.396 e. The molecule has 0 unspecified atom stereocenters. The summed E-state index contributed by atoms with van der Waals surface area (Å²) in [5, 5.41) is 9.68. The summed E-state index contributed by atoms with van der Waals surface area (Å²) in [6, 6.07) is 11.7. The predicted molar refractivity (Wildman–Crippen MR) is 89.3 cm³/mol. The van der Waals surface area contributed by atoms with Crippen LogP contribution in [-0.2, 0) is 6.42 Å². The van der Waals surface area contributed by atoms with Crippen molar-refractivity contribution in [3.05, 3.63) is 65.5 Å². The highest BCUT2D eigenvalue weighted by molar-refractivity contribution is 5.94. The lowest BCUT2D eigenvalue weighted by Gasteiger charge is -2.17. The summed E-state index contributed by atoms with van der Waals surface area (Å²) in [7, 11) is 0. The van der Waals surface area contributed by atoms with Crippen LogP contribution in [0.15, 0.2) is 48.8 Å². The summed E-state index contributed by atoms with van der Waals surface area (Å²) < 4.78 is 0. The number of carbonyl (C=O) groups is 1. The number of aryl methyl sites for hydroxylation is 1. The lowest BCUT2D eigenvalue weighted by Crippen LogP contribution is -2.29. The fraction of sp³-hybridized carbons (Fsp3) is 0.368. The van der Waals surface area contributed by atoms with Crippen LogP contribution in [-0.4, -0.2) is 40.6 Å². The average Bonchev–Trinajstić information content (AvgIpc) is 3.06. The molecule has 0 saturated carbocycles. The molecule has 1 saturated heterocycles. The fourth-order valence-corrected chi connectivity index (χ4v) is 3.28. The van der Waals surface area contributed by atoms with Crippen LogP contribution in [0.2, 0.25) is 0 Å². The molecule has 1 aliphatic rings. The first-order valence-corrected chi connectivity index (χ1v) is 8.12. The smallest absolute Gasteiger partial charge is 0.253 e. The van der Waals surface area contributed by atoms with Crippen LogP contribution in [0, 0.1) is 5.92 Å². The highest BCUT2D eigenvalue weighted by Crippen LogP contribution is 2.32. The summed E-state index contributed by atoms with van der Waals surface area (Å²) in [6.45, 7) is 3.43. The number of nitrogens with zero attached hydrogens (tertiary/aromatic N) is 2. The van der Waals surface area contributed by atoms with E-state index >= 15 is 0 Å². The van der Waals surface area contributed by atoms with Gasteiger partial charge in [-0.05, 0) is 41.8 Å². The summed E-state index contributed by atoms with van der Waals surface area (Å²) in [4.78, 5) is 18.6. The van der Waals surface area contributed by atoms with Gasteiger partial charge in [-0.1, -0.05) is 19.1 Å². The fourth-order valence-electron chi connectivity index (χ4n) is 3.28. The summed E-state index contributed by atoms with van der Waals surface area (Å²) in [5.41, 5.74) is 3.08. The van der Waals surface area contributed by atoms with Gasteiger partial charge in [0.05, 0.1) is 0 Å². The highest BCUT2D eigenvalue weighted by atomic mass is 16.3. The molecule has 4 heteroatoms. The van der Waals surface area contributed by atoms with Crippen molar-refractivity contribution in [3.8, 4) is 0 Å². The third kappa shape index (κ3) is 3.27. The van der Waals surface area contributed by atoms with Gasteiger partial charge in [0.25, 0.3) is 5.91 Å². The maximum absolute atomic E-state index is 12.7. The lowest BCUT2D eigenvalue weighted by molar-refractivity contribution is 0.0781. The molecule has 4 nitrogen and oxygen atoms in total. The number of carbonyl (C=O) groups excluding carboxylic acids is 1. The van der Waals surface area contributed by atoms with E-state index in [2.05, 4.69) is 11.9 Å². The Balaban J connectivity index is 1.77. The molecule has 1 amide bonds. The van der Waals surface area contributed by atoms with Gasteiger partial charge in [0, 0.05) is 49.5 Å². The molecule has 1 aromatic carbocycles. The number of amides is 1. The Morgan fingerprint density at radius 1 is 1.17 bits per heavy atom. The highest BCUT2D eigenvalue weighted by Gasteiger charge is 2.35. The number of benzene rings is 1. The number of aliphatic hydroxyl groups excluding tert-OH is 1. The largest absolute Gasteiger partial charge is 0.396 e. The molecule has 1 N–H and O–H groups in total. The van der Waals surface area contributed by atoms with Crippen molar-refractivity contribution in [1.82, 2.24) is 9.88 Å². The number of hydrogen-bond acceptors (Lipinski definition) is 3. The first kappa shape index (κ1) is 15.7. The van der Waals surface area contributed by atoms with Gasteiger partial charge in [-0.2, -0.15) is 0 Å². The molecule has 120 valence electrons. The van der Waals surface area contributed by atoms with E-state index in [1.807, 2.05) is 41.3 Å². The van der Waals surface area contributed by atoms with Crippen molar-refractivity contribution in [3.63, 3.8) is 0 Å². The van der Waals surface area contributed by atoms with Crippen LogP contribution in [0.25, 0.3) is 0 Å². The average molecular weight is 310 g/mol. The Morgan fingerprint density at radius 2 is 1.87 bits per heavy atom. The van der Waals surface area contributed by atoms with E-state index in [0.29, 0.717) is 18.7 Å². The van der Waals surface area contributed by atoms with E-state index in [1.165, 1.54) is 5.56 Å². The van der Waals surface area contributed by atoms with Gasteiger partial charge >= 0.3 is 0 Å². The van der Waals surface area contributed by atoms with Gasteiger partial charge < -0.3 is 10.0 Å². The van der Waals surface area contributed by atoms with E-state index in [0.717, 1.165) is 12.0 Å². The number of pyridine rings is 1. The molecule has 2 heterocycles. The zero-order valence-corrected chi connectivity index (χ0v) is 13.4. The minimum atomic E-state index is 0.0441. The van der Waals surface area contributed by atoms with Gasteiger partial charge in [-0.15, -0.1) is 0 Å². The maximum atomic E-state index is 12.7. The summed E-state index contributed by atoms with van der Waals surface area (Å²) in [6.07, 6.45) is 4.49. The maximum Gasteiger partial charge on any atom is 0.253 e. The van der Waals surface area contributed by atoms with E-state index in [4.69, 9.17) is 0 Å². The predicted octanol–water partition coefficient (Wildman–Crippen LogP) is 2.49. The normalized spacial score (nSPS) is 20.7. The monoisotopic (exact) mass is 310 g/mol. The van der Waals surface area contributed by atoms with Crippen molar-refractivity contribution >= 4 is 5.91 Å². The number of rotatable bonds is 4. The Morgan fingerprint density at radius 3 is 2.48 bits per heavy atom. The van der Waals surface area contributed by atoms with E-state index in [9.17, 15) is 9.90 Å². The van der Waals surface area contributed by atoms with Crippen molar-refractivity contribution in [2.75, 3.05) is 19.7 Å². The molecular formula is C19H22N2O2. The molecule has 1 aliphatic heterocycles. The molecule has 0 aliphatic carbocycles. The van der Waals surface area contributed by atoms with Crippen LogP contribution in [0.5, 0.6) is 0 Å². The van der Waals surface area contributed by atoms with Crippen LogP contribution in [0.4, 0.5) is 0 Å². The Labute approximate surface area is 136 Å². The van der Waals surface area contributed by atoms with Crippen LogP contribution in [0.3, 0.4) is 0 Å². The molecule has 2 atom stereocenters. The molecular weight excluding hydrogens is 288 g/mol. The molecule has 1 fully saturated rings. The van der Waals surface area contributed by atoms with Gasteiger partial charge in [0.2, 0.25) is 0 Å². The molecule has 0 spiro atoms. The molecule has 3 rings (SSSR count). The first-order valence-electron chi connectivity index (χ1n) is 8.12. The van der Waals surface area contributed by atoms with Crippen LogP contribution in [0.1, 0.15) is 34.3 Å². The minimum absolute atomic E-state index is 0.0441. The number of hydrogen-bond donors (Lipinski definition) is 1. The van der Waals surface area contributed by atoms with Gasteiger partial charge in [0.1, 0.15) is 0 Å². The second kappa shape index (κ2) is 6.92. The molecule has 2 aromatic rings. The molecule has 0 bridgehead atoms. The van der Waals surface area contributed by atoms with E-state index in [-0.39, 0.29) is 24.3 Å².